The Labute approximate surface area is 106 Å². The number of likely N-dealkylation sites (N-methyl/N-ethyl adjacent to an activating group) is 1. The van der Waals surface area contributed by atoms with Crippen molar-refractivity contribution in [1.82, 2.24) is 0 Å². The highest BCUT2D eigenvalue weighted by Gasteiger charge is 2.20. The molecule has 0 radical (unpaired) electrons. The van der Waals surface area contributed by atoms with E-state index in [1.807, 2.05) is 11.8 Å². The van der Waals surface area contributed by atoms with Gasteiger partial charge in [-0.15, -0.1) is 0 Å². The van der Waals surface area contributed by atoms with Crippen LogP contribution in [-0.4, -0.2) is 23.8 Å². The van der Waals surface area contributed by atoms with Gasteiger partial charge in [0.1, 0.15) is 5.82 Å². The average Bonchev–Trinajstić information content (AvgIpc) is 2.19. The van der Waals surface area contributed by atoms with Crippen molar-refractivity contribution in [3.8, 4) is 0 Å². The molecule has 1 aromatic carbocycles. The van der Waals surface area contributed by atoms with Gasteiger partial charge in [0.2, 0.25) is 0 Å². The lowest BCUT2D eigenvalue weighted by atomic mass is 10.1. The van der Waals surface area contributed by atoms with E-state index in [4.69, 9.17) is 17.3 Å². The third-order valence-electron chi connectivity index (χ3n) is 2.37. The molecule has 0 unspecified atom stereocenters. The van der Waals surface area contributed by atoms with Gasteiger partial charge in [0.05, 0.1) is 22.0 Å². The van der Waals surface area contributed by atoms with E-state index in [-0.39, 0.29) is 5.02 Å². The summed E-state index contributed by atoms with van der Waals surface area (Å²) < 4.78 is 13.4. The van der Waals surface area contributed by atoms with E-state index in [1.165, 1.54) is 12.1 Å². The molecule has 0 saturated heterocycles. The fraction of sp³-hybridized carbons (Fsp3) is 0.500. The number of hydrogen-bond acceptors (Lipinski definition) is 3. The Hall–Kier alpha value is -1.00. The van der Waals surface area contributed by atoms with Gasteiger partial charge in [0.15, 0.2) is 0 Å². The average molecular weight is 261 g/mol. The van der Waals surface area contributed by atoms with E-state index >= 15 is 0 Å². The molecule has 0 aliphatic carbocycles. The summed E-state index contributed by atoms with van der Waals surface area (Å²) in [4.78, 5) is 1.81. The third-order valence-corrected chi connectivity index (χ3v) is 2.66. The summed E-state index contributed by atoms with van der Waals surface area (Å²) in [6, 6.07) is 2.69. The first-order valence-electron chi connectivity index (χ1n) is 5.46. The number of rotatable bonds is 4. The predicted octanol–water partition coefficient (Wildman–Crippen LogP) is 2.66. The second-order valence-corrected chi connectivity index (χ2v) is 5.06. The Kier molecular flexibility index (Phi) is 4.22. The lowest BCUT2D eigenvalue weighted by Crippen LogP contribution is -2.39. The van der Waals surface area contributed by atoms with Crippen molar-refractivity contribution in [2.24, 2.45) is 0 Å². The molecule has 0 aromatic heterocycles. The van der Waals surface area contributed by atoms with Crippen LogP contribution in [0.5, 0.6) is 0 Å². The number of nitrogen functional groups attached to an aromatic ring is 1. The van der Waals surface area contributed by atoms with Crippen LogP contribution in [0.2, 0.25) is 5.02 Å². The molecule has 0 amide bonds. The molecule has 96 valence electrons. The minimum absolute atomic E-state index is 0.00515. The van der Waals surface area contributed by atoms with Gasteiger partial charge in [-0.05, 0) is 26.8 Å². The van der Waals surface area contributed by atoms with Gasteiger partial charge in [-0.3, -0.25) is 0 Å². The Morgan fingerprint density at radius 1 is 1.47 bits per heavy atom. The standard InChI is InChI=1S/C12H18ClFN2O/c1-4-16(7-12(2,3)17)11-6-9(14)8(13)5-10(11)15/h5-6,17H,4,7,15H2,1-3H3. The lowest BCUT2D eigenvalue weighted by Gasteiger charge is -2.30. The van der Waals surface area contributed by atoms with Crippen LogP contribution in [0.15, 0.2) is 12.1 Å². The van der Waals surface area contributed by atoms with Crippen LogP contribution in [-0.2, 0) is 0 Å². The van der Waals surface area contributed by atoms with Gasteiger partial charge in [-0.2, -0.15) is 0 Å². The Morgan fingerprint density at radius 3 is 2.53 bits per heavy atom. The molecular formula is C12H18ClFN2O. The highest BCUT2D eigenvalue weighted by molar-refractivity contribution is 6.31. The Morgan fingerprint density at radius 2 is 2.06 bits per heavy atom. The number of aliphatic hydroxyl groups is 1. The molecule has 0 spiro atoms. The van der Waals surface area contributed by atoms with Gasteiger partial charge >= 0.3 is 0 Å². The zero-order valence-electron chi connectivity index (χ0n) is 10.3. The quantitative estimate of drug-likeness (QED) is 0.819. The van der Waals surface area contributed by atoms with Crippen LogP contribution >= 0.6 is 11.6 Å². The van der Waals surface area contributed by atoms with Crippen molar-refractivity contribution in [3.63, 3.8) is 0 Å². The van der Waals surface area contributed by atoms with Gasteiger partial charge in [0, 0.05) is 19.2 Å². The molecule has 3 nitrogen and oxygen atoms in total. The molecule has 0 heterocycles. The van der Waals surface area contributed by atoms with Gasteiger partial charge in [-0.25, -0.2) is 4.39 Å². The van der Waals surface area contributed by atoms with Crippen molar-refractivity contribution in [2.75, 3.05) is 23.7 Å². The highest BCUT2D eigenvalue weighted by Crippen LogP contribution is 2.29. The second-order valence-electron chi connectivity index (χ2n) is 4.65. The van der Waals surface area contributed by atoms with Crippen molar-refractivity contribution in [2.45, 2.75) is 26.4 Å². The van der Waals surface area contributed by atoms with Gasteiger partial charge in [0.25, 0.3) is 0 Å². The Bertz CT molecular complexity index is 404. The first-order valence-corrected chi connectivity index (χ1v) is 5.84. The zero-order chi connectivity index (χ0) is 13.2. The van der Waals surface area contributed by atoms with Crippen LogP contribution in [0.4, 0.5) is 15.8 Å². The summed E-state index contributed by atoms with van der Waals surface area (Å²) in [5.74, 6) is -0.509. The molecule has 0 aliphatic heterocycles. The largest absolute Gasteiger partial charge is 0.397 e. The molecular weight excluding hydrogens is 243 g/mol. The molecule has 3 N–H and O–H groups in total. The first kappa shape index (κ1) is 14.1. The predicted molar refractivity (Wildman–Crippen MR) is 70.0 cm³/mol. The summed E-state index contributed by atoms with van der Waals surface area (Å²) in [6.07, 6.45) is 0. The van der Waals surface area contributed by atoms with Gasteiger partial charge in [-0.1, -0.05) is 11.6 Å². The fourth-order valence-corrected chi connectivity index (χ4v) is 1.83. The van der Waals surface area contributed by atoms with Crippen molar-refractivity contribution >= 4 is 23.0 Å². The number of nitrogens with two attached hydrogens (primary N) is 1. The highest BCUT2D eigenvalue weighted by atomic mass is 35.5. The minimum Gasteiger partial charge on any atom is -0.397 e. The fourth-order valence-electron chi connectivity index (χ4n) is 1.66. The second kappa shape index (κ2) is 5.10. The summed E-state index contributed by atoms with van der Waals surface area (Å²) >= 11 is 5.64. The molecule has 0 atom stereocenters. The molecule has 0 fully saturated rings. The van der Waals surface area contributed by atoms with Gasteiger partial charge < -0.3 is 15.7 Å². The maximum Gasteiger partial charge on any atom is 0.144 e. The third kappa shape index (κ3) is 3.75. The number of benzene rings is 1. The summed E-state index contributed by atoms with van der Waals surface area (Å²) in [7, 11) is 0. The monoisotopic (exact) mass is 260 g/mol. The molecule has 1 aromatic rings. The molecule has 1 rings (SSSR count). The SMILES string of the molecule is CCN(CC(C)(C)O)c1cc(F)c(Cl)cc1N. The van der Waals surface area contributed by atoms with Crippen molar-refractivity contribution in [3.05, 3.63) is 23.0 Å². The maximum absolute atomic E-state index is 13.4. The number of halogens is 2. The molecule has 0 bridgehead atoms. The van der Waals surface area contributed by atoms with Crippen LogP contribution in [0.1, 0.15) is 20.8 Å². The van der Waals surface area contributed by atoms with Crippen molar-refractivity contribution in [1.29, 1.82) is 0 Å². The van der Waals surface area contributed by atoms with E-state index in [0.29, 0.717) is 24.5 Å². The van der Waals surface area contributed by atoms with E-state index < -0.39 is 11.4 Å². The number of nitrogens with zero attached hydrogens (tertiary/aromatic N) is 1. The van der Waals surface area contributed by atoms with E-state index in [9.17, 15) is 9.50 Å². The molecule has 0 saturated carbocycles. The van der Waals surface area contributed by atoms with E-state index in [0.717, 1.165) is 0 Å². The number of anilines is 2. The number of hydrogen-bond donors (Lipinski definition) is 2. The lowest BCUT2D eigenvalue weighted by molar-refractivity contribution is 0.0876. The molecule has 17 heavy (non-hydrogen) atoms. The van der Waals surface area contributed by atoms with Crippen molar-refractivity contribution < 1.29 is 9.50 Å². The van der Waals surface area contributed by atoms with E-state index in [1.54, 1.807) is 13.8 Å². The summed E-state index contributed by atoms with van der Waals surface area (Å²) in [6.45, 7) is 6.29. The molecule has 5 heteroatoms. The van der Waals surface area contributed by atoms with Crippen LogP contribution in [0, 0.1) is 5.82 Å². The Balaban J connectivity index is 3.08. The normalized spacial score (nSPS) is 11.6. The zero-order valence-corrected chi connectivity index (χ0v) is 11.1. The summed E-state index contributed by atoms with van der Waals surface area (Å²) in [5.41, 5.74) is 5.89. The first-order chi connectivity index (χ1) is 7.74. The smallest absolute Gasteiger partial charge is 0.144 e. The van der Waals surface area contributed by atoms with Crippen LogP contribution in [0.3, 0.4) is 0 Å². The van der Waals surface area contributed by atoms with E-state index in [2.05, 4.69) is 0 Å². The molecule has 0 aliphatic rings. The van der Waals surface area contributed by atoms with Crippen LogP contribution in [0.25, 0.3) is 0 Å². The maximum atomic E-state index is 13.4. The van der Waals surface area contributed by atoms with Crippen LogP contribution < -0.4 is 10.6 Å². The summed E-state index contributed by atoms with van der Waals surface area (Å²) in [5, 5.41) is 9.80. The topological polar surface area (TPSA) is 49.5 Å². The minimum atomic E-state index is -0.876.